The van der Waals surface area contributed by atoms with Crippen LogP contribution < -0.4 is 0 Å². The fourth-order valence-electron chi connectivity index (χ4n) is 5.82. The highest BCUT2D eigenvalue weighted by Crippen LogP contribution is 2.25. The maximum absolute atomic E-state index is 11.0. The number of nitrogens with zero attached hydrogens (tertiary/aromatic N) is 1. The highest BCUT2D eigenvalue weighted by molar-refractivity contribution is 4.93. The zero-order valence-electron chi connectivity index (χ0n) is 33.0. The van der Waals surface area contributed by atoms with Crippen LogP contribution in [0.5, 0.6) is 0 Å². The summed E-state index contributed by atoms with van der Waals surface area (Å²) in [5.74, 6) is -2.59. The van der Waals surface area contributed by atoms with Crippen LogP contribution in [0.25, 0.3) is 0 Å². The van der Waals surface area contributed by atoms with E-state index >= 15 is 0 Å². The number of ether oxygens (including phenoxy) is 2. The van der Waals surface area contributed by atoms with Crippen LogP contribution in [0.15, 0.2) is 48.6 Å². The van der Waals surface area contributed by atoms with Gasteiger partial charge in [-0.3, -0.25) is 0 Å². The molecule has 0 aromatic carbocycles. The fourth-order valence-corrected chi connectivity index (χ4v) is 5.82. The first-order valence-corrected chi connectivity index (χ1v) is 20.6. The van der Waals surface area contributed by atoms with Crippen molar-refractivity contribution in [2.75, 3.05) is 26.6 Å². The van der Waals surface area contributed by atoms with Gasteiger partial charge >= 0.3 is 0 Å². The van der Waals surface area contributed by atoms with Crippen molar-refractivity contribution in [2.24, 2.45) is 0 Å². The van der Waals surface area contributed by atoms with Gasteiger partial charge in [-0.05, 0) is 90.9 Å². The lowest BCUT2D eigenvalue weighted by Crippen LogP contribution is -2.65. The van der Waals surface area contributed by atoms with Crippen molar-refractivity contribution in [2.45, 2.75) is 200 Å². The van der Waals surface area contributed by atoms with Gasteiger partial charge in [-0.25, -0.2) is 0 Å². The van der Waals surface area contributed by atoms with Crippen LogP contribution in [0.2, 0.25) is 0 Å². The van der Waals surface area contributed by atoms with Crippen LogP contribution in [0.1, 0.15) is 182 Å². The average Bonchev–Trinajstić information content (AvgIpc) is 3.07. The largest absolute Gasteiger partial charge is 0.381 e. The molecule has 0 aromatic rings. The van der Waals surface area contributed by atoms with Crippen molar-refractivity contribution in [1.29, 1.82) is 0 Å². The smallest absolute Gasteiger partial charge is 0.259 e. The molecular weight excluding hydrogens is 626 g/mol. The van der Waals surface area contributed by atoms with E-state index in [1.54, 1.807) is 0 Å². The van der Waals surface area contributed by atoms with Crippen molar-refractivity contribution in [3.05, 3.63) is 48.6 Å². The number of allylic oxidation sites excluding steroid dienone is 8. The van der Waals surface area contributed by atoms with E-state index in [1.165, 1.54) is 104 Å². The summed E-state index contributed by atoms with van der Waals surface area (Å²) in [5, 5.41) is 42.3. The first-order valence-electron chi connectivity index (χ1n) is 20.6. The molecule has 50 heavy (non-hydrogen) atoms. The summed E-state index contributed by atoms with van der Waals surface area (Å²) < 4.78 is 11.8. The van der Waals surface area contributed by atoms with Gasteiger partial charge in [-0.2, -0.15) is 4.90 Å². The number of aliphatic hydroxyl groups is 4. The van der Waals surface area contributed by atoms with E-state index < -0.39 is 24.5 Å². The number of rotatable bonds is 37. The summed E-state index contributed by atoms with van der Waals surface area (Å²) in [6, 6.07) is 0. The monoisotopic (exact) mass is 708 g/mol. The van der Waals surface area contributed by atoms with E-state index in [0.717, 1.165) is 69.1 Å². The highest BCUT2D eigenvalue weighted by atomic mass is 16.6. The molecule has 0 radical (unpaired) electrons. The second kappa shape index (κ2) is 34.7. The van der Waals surface area contributed by atoms with Crippen LogP contribution in [0, 0.1) is 0 Å². The van der Waals surface area contributed by atoms with Gasteiger partial charge in [0.2, 0.25) is 0 Å². The third-order valence-corrected chi connectivity index (χ3v) is 9.05. The standard InChI is InChI=1S/C43H81NO6/c1-5-7-9-11-13-15-17-19-21-23-25-27-29-31-33-35-37-49-39-41(43(47,48)44(40-45)42(3,4)46)50-38-36-34-32-30-28-26-24-22-20-18-16-14-12-10-8-6-2/h13-16,19-22,41,45-48H,5-12,17-18,23-40H2,1-4H3/b15-13-,16-14-,21-19-,22-20-. The minimum Gasteiger partial charge on any atom is -0.381 e. The van der Waals surface area contributed by atoms with Gasteiger partial charge in [0.15, 0.2) is 0 Å². The number of hydrogen-bond donors (Lipinski definition) is 4. The third kappa shape index (κ3) is 29.3. The molecule has 0 aliphatic carbocycles. The van der Waals surface area contributed by atoms with Gasteiger partial charge in [0.25, 0.3) is 5.91 Å². The van der Waals surface area contributed by atoms with E-state index in [2.05, 4.69) is 62.5 Å². The van der Waals surface area contributed by atoms with Crippen LogP contribution in [0.4, 0.5) is 0 Å². The summed E-state index contributed by atoms with van der Waals surface area (Å²) in [4.78, 5) is 0.812. The molecule has 1 unspecified atom stereocenters. The van der Waals surface area contributed by atoms with Crippen LogP contribution in [0.3, 0.4) is 0 Å². The number of unbranched alkanes of at least 4 members (excludes halogenated alkanes) is 18. The number of aliphatic hydroxyl groups excluding tert-OH is 1. The zero-order valence-corrected chi connectivity index (χ0v) is 33.0. The summed E-state index contributed by atoms with van der Waals surface area (Å²) in [5.41, 5.74) is -1.67. The Morgan fingerprint density at radius 3 is 1.30 bits per heavy atom. The molecule has 0 rings (SSSR count). The normalized spacial score (nSPS) is 13.8. The summed E-state index contributed by atoms with van der Waals surface area (Å²) >= 11 is 0. The lowest BCUT2D eigenvalue weighted by molar-refractivity contribution is -0.376. The second-order valence-electron chi connectivity index (χ2n) is 14.4. The topological polar surface area (TPSA) is 103 Å². The van der Waals surface area contributed by atoms with Crippen LogP contribution in [-0.4, -0.2) is 69.6 Å². The quantitative estimate of drug-likeness (QED) is 0.0289. The first-order chi connectivity index (χ1) is 24.2. The second-order valence-corrected chi connectivity index (χ2v) is 14.4. The van der Waals surface area contributed by atoms with Crippen molar-refractivity contribution >= 4 is 0 Å². The maximum atomic E-state index is 11.0. The van der Waals surface area contributed by atoms with Gasteiger partial charge in [0, 0.05) is 13.2 Å². The molecule has 0 spiro atoms. The van der Waals surface area contributed by atoms with Crippen LogP contribution >= 0.6 is 0 Å². The molecule has 0 aliphatic rings. The van der Waals surface area contributed by atoms with E-state index in [1.807, 2.05) is 0 Å². The minimum atomic E-state index is -2.59. The first kappa shape index (κ1) is 48.7. The molecule has 0 fully saturated rings. The molecule has 1 atom stereocenters. The Bertz CT molecular complexity index is 832. The predicted octanol–water partition coefficient (Wildman–Crippen LogP) is 10.6. The molecule has 7 nitrogen and oxygen atoms in total. The fraction of sp³-hybridized carbons (Fsp3) is 0.814. The predicted molar refractivity (Wildman–Crippen MR) is 212 cm³/mol. The summed E-state index contributed by atoms with van der Waals surface area (Å²) in [6.45, 7) is 7.34. The van der Waals surface area contributed by atoms with Crippen LogP contribution in [-0.2, 0) is 9.47 Å². The summed E-state index contributed by atoms with van der Waals surface area (Å²) in [6.07, 6.45) is 44.9. The van der Waals surface area contributed by atoms with E-state index in [9.17, 15) is 20.4 Å². The molecule has 0 aromatic heterocycles. The van der Waals surface area contributed by atoms with E-state index in [0.29, 0.717) is 13.2 Å². The Balaban J connectivity index is 4.22. The minimum absolute atomic E-state index is 0.0397. The van der Waals surface area contributed by atoms with Crippen molar-refractivity contribution < 1.29 is 29.9 Å². The molecule has 294 valence electrons. The molecule has 0 bridgehead atoms. The molecule has 0 aliphatic heterocycles. The van der Waals surface area contributed by atoms with Gasteiger partial charge in [0.05, 0.1) is 6.61 Å². The Kier molecular flexibility index (Phi) is 33.8. The van der Waals surface area contributed by atoms with Gasteiger partial charge in [-0.15, -0.1) is 0 Å². The van der Waals surface area contributed by atoms with Gasteiger partial charge < -0.3 is 29.9 Å². The molecule has 0 amide bonds. The maximum Gasteiger partial charge on any atom is 0.259 e. The Morgan fingerprint density at radius 1 is 0.520 bits per heavy atom. The molecular formula is C43H81NO6. The van der Waals surface area contributed by atoms with E-state index in [4.69, 9.17) is 9.47 Å². The Morgan fingerprint density at radius 2 is 0.900 bits per heavy atom. The molecule has 0 saturated carbocycles. The highest BCUT2D eigenvalue weighted by Gasteiger charge is 2.47. The lowest BCUT2D eigenvalue weighted by atomic mass is 10.1. The van der Waals surface area contributed by atoms with Gasteiger partial charge in [0.1, 0.15) is 18.6 Å². The Hall–Kier alpha value is -1.32. The average molecular weight is 708 g/mol. The van der Waals surface area contributed by atoms with Crippen molar-refractivity contribution in [3.63, 3.8) is 0 Å². The third-order valence-electron chi connectivity index (χ3n) is 9.05. The van der Waals surface area contributed by atoms with Crippen molar-refractivity contribution in [3.8, 4) is 0 Å². The van der Waals surface area contributed by atoms with Gasteiger partial charge in [-0.1, -0.05) is 140 Å². The molecule has 0 saturated heterocycles. The summed E-state index contributed by atoms with van der Waals surface area (Å²) in [7, 11) is 0. The molecule has 7 heteroatoms. The Labute approximate surface area is 308 Å². The lowest BCUT2D eigenvalue weighted by Gasteiger charge is -2.44. The zero-order chi connectivity index (χ0) is 37.0. The molecule has 0 heterocycles. The van der Waals surface area contributed by atoms with E-state index in [-0.39, 0.29) is 6.61 Å². The van der Waals surface area contributed by atoms with Crippen molar-refractivity contribution in [1.82, 2.24) is 4.90 Å². The molecule has 4 N–H and O–H groups in total. The number of hydrogen-bond acceptors (Lipinski definition) is 7. The SMILES string of the molecule is CCCCC/C=C\C/C=C\CCCCCCCCOCC(OCCCCCCCC/C=C\C/C=C\CCCCC)C(O)(O)N(CO)C(C)(C)O.